The number of nitrogens with zero attached hydrogens (tertiary/aromatic N) is 2. The summed E-state index contributed by atoms with van der Waals surface area (Å²) in [7, 11) is 0. The number of benzene rings is 1. The minimum absolute atomic E-state index is 0.441. The number of nitrogen functional groups attached to an aromatic ring is 1. The normalized spacial score (nSPS) is 19.0. The summed E-state index contributed by atoms with van der Waals surface area (Å²) < 4.78 is 5.04. The second kappa shape index (κ2) is 5.44. The van der Waals surface area contributed by atoms with Crippen molar-refractivity contribution in [2.75, 3.05) is 36.8 Å². The average molecular weight is 290 g/mol. The second-order valence-corrected chi connectivity index (χ2v) is 5.53. The lowest BCUT2D eigenvalue weighted by atomic mass is 10.2. The monoisotopic (exact) mass is 290 g/mol. The van der Waals surface area contributed by atoms with Gasteiger partial charge >= 0.3 is 5.76 Å². The van der Waals surface area contributed by atoms with Crippen molar-refractivity contribution in [1.29, 1.82) is 0 Å². The quantitative estimate of drug-likeness (QED) is 0.837. The minimum atomic E-state index is -0.441. The highest BCUT2D eigenvalue weighted by Crippen LogP contribution is 2.31. The molecule has 1 unspecified atom stereocenters. The fourth-order valence-electron chi connectivity index (χ4n) is 3.27. The number of anilines is 2. The second-order valence-electron chi connectivity index (χ2n) is 5.53. The smallest absolute Gasteiger partial charge is 0.408 e. The van der Waals surface area contributed by atoms with E-state index < -0.39 is 5.76 Å². The molecule has 1 aliphatic heterocycles. The molecule has 0 amide bonds. The zero-order chi connectivity index (χ0) is 15.0. The van der Waals surface area contributed by atoms with Gasteiger partial charge in [0.2, 0.25) is 0 Å². The van der Waals surface area contributed by atoms with Crippen LogP contribution in [0.5, 0.6) is 0 Å². The molecule has 0 radical (unpaired) electrons. The molecule has 3 N–H and O–H groups in total. The van der Waals surface area contributed by atoms with Crippen molar-refractivity contribution < 1.29 is 4.42 Å². The number of fused-ring (bicyclic) bond motifs is 1. The van der Waals surface area contributed by atoms with Crippen LogP contribution < -0.4 is 16.4 Å². The number of rotatable bonds is 4. The van der Waals surface area contributed by atoms with E-state index in [2.05, 4.69) is 28.6 Å². The van der Waals surface area contributed by atoms with Crippen LogP contribution in [-0.4, -0.2) is 42.1 Å². The van der Waals surface area contributed by atoms with Gasteiger partial charge in [0, 0.05) is 25.2 Å². The van der Waals surface area contributed by atoms with E-state index in [1.807, 2.05) is 6.07 Å². The number of likely N-dealkylation sites (N-methyl/N-ethyl adjacent to an activating group) is 1. The molecule has 0 spiro atoms. The Balaban J connectivity index is 1.87. The number of nitrogens with one attached hydrogen (secondary N) is 1. The van der Waals surface area contributed by atoms with Crippen LogP contribution in [0.1, 0.15) is 20.3 Å². The molecular formula is C15H22N4O2. The van der Waals surface area contributed by atoms with E-state index >= 15 is 0 Å². The van der Waals surface area contributed by atoms with Gasteiger partial charge in [-0.05, 0) is 25.6 Å². The predicted octanol–water partition coefficient (Wildman–Crippen LogP) is 1.62. The highest BCUT2D eigenvalue weighted by Gasteiger charge is 2.27. The first-order valence-electron chi connectivity index (χ1n) is 7.53. The number of aromatic amines is 1. The third kappa shape index (κ3) is 2.51. The fourth-order valence-corrected chi connectivity index (χ4v) is 3.27. The third-order valence-corrected chi connectivity index (χ3v) is 4.40. The van der Waals surface area contributed by atoms with Crippen LogP contribution in [0.3, 0.4) is 0 Å². The van der Waals surface area contributed by atoms with Gasteiger partial charge in [0.1, 0.15) is 0 Å². The van der Waals surface area contributed by atoms with E-state index in [0.29, 0.717) is 22.8 Å². The van der Waals surface area contributed by atoms with Crippen LogP contribution in [0, 0.1) is 0 Å². The summed E-state index contributed by atoms with van der Waals surface area (Å²) in [6.45, 7) is 8.49. The first-order valence-corrected chi connectivity index (χ1v) is 7.53. The van der Waals surface area contributed by atoms with Crippen LogP contribution in [0.15, 0.2) is 21.3 Å². The topological polar surface area (TPSA) is 78.5 Å². The molecule has 114 valence electrons. The van der Waals surface area contributed by atoms with Crippen LogP contribution in [0.25, 0.3) is 11.1 Å². The van der Waals surface area contributed by atoms with Crippen molar-refractivity contribution in [1.82, 2.24) is 9.88 Å². The summed E-state index contributed by atoms with van der Waals surface area (Å²) in [5, 5.41) is 0. The summed E-state index contributed by atoms with van der Waals surface area (Å²) in [5.74, 6) is -0.441. The lowest BCUT2D eigenvalue weighted by Crippen LogP contribution is -2.37. The Labute approximate surface area is 123 Å². The Morgan fingerprint density at radius 2 is 2.19 bits per heavy atom. The molecule has 1 saturated heterocycles. The standard InChI is InChI=1S/C15H22N4O2/c1-3-18(4-2)10-5-6-19(9-10)13-8-12-14(7-11(13)16)21-15(20)17-12/h7-8,10H,3-6,9,16H2,1-2H3,(H,17,20). The molecule has 3 rings (SSSR count). The Hall–Kier alpha value is -1.95. The van der Waals surface area contributed by atoms with E-state index in [9.17, 15) is 4.79 Å². The van der Waals surface area contributed by atoms with Crippen LogP contribution in [-0.2, 0) is 0 Å². The zero-order valence-corrected chi connectivity index (χ0v) is 12.6. The predicted molar refractivity (Wildman–Crippen MR) is 84.8 cm³/mol. The maximum absolute atomic E-state index is 11.3. The lowest BCUT2D eigenvalue weighted by Gasteiger charge is -2.27. The van der Waals surface area contributed by atoms with Gasteiger partial charge in [0.15, 0.2) is 5.58 Å². The molecular weight excluding hydrogens is 268 g/mol. The Morgan fingerprint density at radius 3 is 2.90 bits per heavy atom. The molecule has 0 bridgehead atoms. The van der Waals surface area contributed by atoms with Crippen LogP contribution >= 0.6 is 0 Å². The highest BCUT2D eigenvalue weighted by atomic mass is 16.4. The van der Waals surface area contributed by atoms with E-state index in [-0.39, 0.29) is 0 Å². The molecule has 2 heterocycles. The van der Waals surface area contributed by atoms with Gasteiger partial charge in [0.05, 0.1) is 16.9 Å². The molecule has 1 aliphatic rings. The SMILES string of the molecule is CCN(CC)C1CCN(c2cc3[nH]c(=O)oc3cc2N)C1. The maximum atomic E-state index is 11.3. The van der Waals surface area contributed by atoms with Crippen molar-refractivity contribution in [2.24, 2.45) is 0 Å². The van der Waals surface area contributed by atoms with Crippen molar-refractivity contribution in [2.45, 2.75) is 26.3 Å². The van der Waals surface area contributed by atoms with Crippen molar-refractivity contribution in [3.8, 4) is 0 Å². The minimum Gasteiger partial charge on any atom is -0.408 e. The Morgan fingerprint density at radius 1 is 1.43 bits per heavy atom. The summed E-state index contributed by atoms with van der Waals surface area (Å²) in [4.78, 5) is 18.7. The zero-order valence-electron chi connectivity index (χ0n) is 12.6. The molecule has 1 aromatic carbocycles. The summed E-state index contributed by atoms with van der Waals surface area (Å²) >= 11 is 0. The van der Waals surface area contributed by atoms with Crippen molar-refractivity contribution in [3.05, 3.63) is 22.7 Å². The van der Waals surface area contributed by atoms with Gasteiger partial charge in [0.25, 0.3) is 0 Å². The van der Waals surface area contributed by atoms with Crippen LogP contribution in [0.2, 0.25) is 0 Å². The number of oxazole rings is 1. The first kappa shape index (κ1) is 14.0. The van der Waals surface area contributed by atoms with Crippen LogP contribution in [0.4, 0.5) is 11.4 Å². The first-order chi connectivity index (χ1) is 10.1. The van der Waals surface area contributed by atoms with Crippen molar-refractivity contribution >= 4 is 22.5 Å². The molecule has 0 aliphatic carbocycles. The highest BCUT2D eigenvalue weighted by molar-refractivity contribution is 5.85. The van der Waals surface area contributed by atoms with E-state index in [4.69, 9.17) is 10.2 Å². The van der Waals surface area contributed by atoms with Gasteiger partial charge in [-0.15, -0.1) is 0 Å². The average Bonchev–Trinajstić information content (AvgIpc) is 3.05. The molecule has 1 atom stereocenters. The fraction of sp³-hybridized carbons (Fsp3) is 0.533. The number of aromatic nitrogens is 1. The lowest BCUT2D eigenvalue weighted by molar-refractivity contribution is 0.232. The molecule has 21 heavy (non-hydrogen) atoms. The molecule has 0 saturated carbocycles. The Kier molecular flexibility index (Phi) is 3.63. The molecule has 1 fully saturated rings. The molecule has 6 heteroatoms. The van der Waals surface area contributed by atoms with Gasteiger partial charge in [-0.25, -0.2) is 4.79 Å². The number of nitrogens with two attached hydrogens (primary N) is 1. The summed E-state index contributed by atoms with van der Waals surface area (Å²) in [5.41, 5.74) is 8.99. The Bertz CT molecular complexity index is 687. The summed E-state index contributed by atoms with van der Waals surface area (Å²) in [6.07, 6.45) is 1.14. The van der Waals surface area contributed by atoms with E-state index in [0.717, 1.165) is 38.3 Å². The van der Waals surface area contributed by atoms with Crippen molar-refractivity contribution in [3.63, 3.8) is 0 Å². The summed E-state index contributed by atoms with van der Waals surface area (Å²) in [6, 6.07) is 4.21. The van der Waals surface area contributed by atoms with Gasteiger partial charge in [-0.3, -0.25) is 9.88 Å². The van der Waals surface area contributed by atoms with Gasteiger partial charge < -0.3 is 15.1 Å². The number of hydrogen-bond donors (Lipinski definition) is 2. The van der Waals surface area contributed by atoms with Gasteiger partial charge in [-0.2, -0.15) is 0 Å². The van der Waals surface area contributed by atoms with E-state index in [1.165, 1.54) is 0 Å². The number of hydrogen-bond acceptors (Lipinski definition) is 5. The molecule has 6 nitrogen and oxygen atoms in total. The molecule has 2 aromatic rings. The molecule has 1 aromatic heterocycles. The maximum Gasteiger partial charge on any atom is 0.417 e. The number of H-pyrrole nitrogens is 1. The van der Waals surface area contributed by atoms with E-state index in [1.54, 1.807) is 6.07 Å². The largest absolute Gasteiger partial charge is 0.417 e. The third-order valence-electron chi connectivity index (χ3n) is 4.40. The van der Waals surface area contributed by atoms with Gasteiger partial charge in [-0.1, -0.05) is 13.8 Å².